The Balaban J connectivity index is 2.69. The molecule has 0 saturated carbocycles. The molecule has 5 nitrogen and oxygen atoms in total. The standard InChI is InChI=1S/C7H12N4O/c1-12-3-2-5-4-6(8)7(9)11-10-5/h4H,2-3H2,1H3,(H2,8,10)(H2,9,11). The van der Waals surface area contributed by atoms with Gasteiger partial charge in [-0.3, -0.25) is 0 Å². The van der Waals surface area contributed by atoms with Crippen LogP contribution in [0.5, 0.6) is 0 Å². The minimum atomic E-state index is 0.274. The van der Waals surface area contributed by atoms with Crippen LogP contribution >= 0.6 is 0 Å². The topological polar surface area (TPSA) is 87.0 Å². The SMILES string of the molecule is COCCc1cc(N)c(N)nn1. The number of anilines is 2. The Morgan fingerprint density at radius 2 is 2.17 bits per heavy atom. The number of ether oxygens (including phenoxy) is 1. The first-order valence-corrected chi connectivity index (χ1v) is 3.60. The summed E-state index contributed by atoms with van der Waals surface area (Å²) in [4.78, 5) is 0. The zero-order valence-electron chi connectivity index (χ0n) is 6.95. The minimum absolute atomic E-state index is 0.274. The first-order valence-electron chi connectivity index (χ1n) is 3.60. The van der Waals surface area contributed by atoms with Gasteiger partial charge in [-0.25, -0.2) is 0 Å². The summed E-state index contributed by atoms with van der Waals surface area (Å²) in [7, 11) is 1.63. The smallest absolute Gasteiger partial charge is 0.169 e. The van der Waals surface area contributed by atoms with Crippen molar-refractivity contribution in [1.29, 1.82) is 0 Å². The van der Waals surface area contributed by atoms with Crippen LogP contribution in [-0.2, 0) is 11.2 Å². The van der Waals surface area contributed by atoms with E-state index in [1.807, 2.05) is 0 Å². The molecule has 0 aliphatic heterocycles. The van der Waals surface area contributed by atoms with Crippen LogP contribution < -0.4 is 11.5 Å². The number of rotatable bonds is 3. The van der Waals surface area contributed by atoms with Crippen LogP contribution in [0, 0.1) is 0 Å². The Hall–Kier alpha value is -1.36. The molecule has 0 fully saturated rings. The molecule has 0 unspecified atom stereocenters. The maximum Gasteiger partial charge on any atom is 0.169 e. The zero-order chi connectivity index (χ0) is 8.97. The quantitative estimate of drug-likeness (QED) is 0.654. The lowest BCUT2D eigenvalue weighted by Crippen LogP contribution is -2.04. The van der Waals surface area contributed by atoms with Gasteiger partial charge in [0.05, 0.1) is 18.0 Å². The molecule has 4 N–H and O–H groups in total. The van der Waals surface area contributed by atoms with Crippen molar-refractivity contribution in [3.8, 4) is 0 Å². The van der Waals surface area contributed by atoms with Gasteiger partial charge in [0, 0.05) is 13.5 Å². The molecule has 0 spiro atoms. The van der Waals surface area contributed by atoms with E-state index < -0.39 is 0 Å². The lowest BCUT2D eigenvalue weighted by atomic mass is 10.3. The van der Waals surface area contributed by atoms with Crippen molar-refractivity contribution < 1.29 is 4.74 Å². The number of nitrogens with two attached hydrogens (primary N) is 2. The summed E-state index contributed by atoms with van der Waals surface area (Å²) in [5.74, 6) is 0.274. The van der Waals surface area contributed by atoms with Crippen molar-refractivity contribution in [2.24, 2.45) is 0 Å². The van der Waals surface area contributed by atoms with Crippen molar-refractivity contribution in [2.45, 2.75) is 6.42 Å². The van der Waals surface area contributed by atoms with Gasteiger partial charge in [-0.15, -0.1) is 5.10 Å². The third-order valence-corrected chi connectivity index (χ3v) is 1.47. The lowest BCUT2D eigenvalue weighted by molar-refractivity contribution is 0.201. The summed E-state index contributed by atoms with van der Waals surface area (Å²) in [5, 5.41) is 7.52. The molecule has 66 valence electrons. The number of hydrogen-bond acceptors (Lipinski definition) is 5. The highest BCUT2D eigenvalue weighted by molar-refractivity contribution is 5.57. The highest BCUT2D eigenvalue weighted by Crippen LogP contribution is 2.09. The number of methoxy groups -OCH3 is 1. The summed E-state index contributed by atoms with van der Waals surface area (Å²) in [6, 6.07) is 1.71. The predicted molar refractivity (Wildman–Crippen MR) is 46.4 cm³/mol. The summed E-state index contributed by atoms with van der Waals surface area (Å²) >= 11 is 0. The van der Waals surface area contributed by atoms with Crippen LogP contribution in [0.4, 0.5) is 11.5 Å². The molecule has 0 aliphatic rings. The van der Waals surface area contributed by atoms with Gasteiger partial charge in [-0.05, 0) is 6.07 Å². The van der Waals surface area contributed by atoms with Gasteiger partial charge in [0.25, 0.3) is 0 Å². The Labute approximate surface area is 70.7 Å². The molecule has 1 heterocycles. The van der Waals surface area contributed by atoms with E-state index in [9.17, 15) is 0 Å². The van der Waals surface area contributed by atoms with Crippen LogP contribution in [-0.4, -0.2) is 23.9 Å². The summed E-state index contributed by atoms with van der Waals surface area (Å²) < 4.78 is 4.88. The molecule has 1 rings (SSSR count). The second-order valence-electron chi connectivity index (χ2n) is 2.42. The van der Waals surface area contributed by atoms with Gasteiger partial charge in [0.1, 0.15) is 0 Å². The zero-order valence-corrected chi connectivity index (χ0v) is 6.95. The fourth-order valence-corrected chi connectivity index (χ4v) is 0.787. The maximum absolute atomic E-state index is 5.52. The second-order valence-corrected chi connectivity index (χ2v) is 2.42. The van der Waals surface area contributed by atoms with Crippen molar-refractivity contribution in [1.82, 2.24) is 10.2 Å². The van der Waals surface area contributed by atoms with Crippen molar-refractivity contribution in [3.63, 3.8) is 0 Å². The molecule has 0 saturated heterocycles. The molecule has 1 aromatic heterocycles. The molecule has 0 amide bonds. The van der Waals surface area contributed by atoms with Gasteiger partial charge in [0.15, 0.2) is 5.82 Å². The van der Waals surface area contributed by atoms with E-state index in [2.05, 4.69) is 10.2 Å². The third kappa shape index (κ3) is 2.06. The molecule has 0 radical (unpaired) electrons. The van der Waals surface area contributed by atoms with Crippen molar-refractivity contribution >= 4 is 11.5 Å². The molecule has 0 atom stereocenters. The van der Waals surface area contributed by atoms with Crippen molar-refractivity contribution in [2.75, 3.05) is 25.2 Å². The molecule has 0 bridgehead atoms. The first-order chi connectivity index (χ1) is 5.74. The van der Waals surface area contributed by atoms with Crippen LogP contribution in [0.2, 0.25) is 0 Å². The van der Waals surface area contributed by atoms with Crippen LogP contribution in [0.15, 0.2) is 6.07 Å². The van der Waals surface area contributed by atoms with E-state index >= 15 is 0 Å². The summed E-state index contributed by atoms with van der Waals surface area (Å²) in [6.07, 6.45) is 0.702. The van der Waals surface area contributed by atoms with Gasteiger partial charge in [0.2, 0.25) is 0 Å². The van der Waals surface area contributed by atoms with E-state index in [1.165, 1.54) is 0 Å². The average molecular weight is 168 g/mol. The van der Waals surface area contributed by atoms with Crippen LogP contribution in [0.1, 0.15) is 5.69 Å². The average Bonchev–Trinajstić information content (AvgIpc) is 2.07. The third-order valence-electron chi connectivity index (χ3n) is 1.47. The lowest BCUT2D eigenvalue weighted by Gasteiger charge is -2.01. The van der Waals surface area contributed by atoms with E-state index in [4.69, 9.17) is 16.2 Å². The molecule has 12 heavy (non-hydrogen) atoms. The molecule has 5 heteroatoms. The first kappa shape index (κ1) is 8.73. The van der Waals surface area contributed by atoms with Crippen LogP contribution in [0.25, 0.3) is 0 Å². The van der Waals surface area contributed by atoms with Gasteiger partial charge >= 0.3 is 0 Å². The monoisotopic (exact) mass is 168 g/mol. The number of hydrogen-bond donors (Lipinski definition) is 2. The Bertz CT molecular complexity index is 264. The largest absolute Gasteiger partial charge is 0.396 e. The van der Waals surface area contributed by atoms with Crippen LogP contribution in [0.3, 0.4) is 0 Å². The fourth-order valence-electron chi connectivity index (χ4n) is 0.787. The normalized spacial score (nSPS) is 10.1. The van der Waals surface area contributed by atoms with Gasteiger partial charge in [-0.1, -0.05) is 0 Å². The van der Waals surface area contributed by atoms with E-state index in [-0.39, 0.29) is 5.82 Å². The van der Waals surface area contributed by atoms with E-state index in [0.29, 0.717) is 18.7 Å². The van der Waals surface area contributed by atoms with E-state index in [1.54, 1.807) is 13.2 Å². The van der Waals surface area contributed by atoms with Gasteiger partial charge in [-0.2, -0.15) is 5.10 Å². The number of nitrogen functional groups attached to an aromatic ring is 2. The molecule has 1 aromatic rings. The Morgan fingerprint density at radius 3 is 2.75 bits per heavy atom. The number of aromatic nitrogens is 2. The predicted octanol–water partition coefficient (Wildman–Crippen LogP) is -0.170. The molecular weight excluding hydrogens is 156 g/mol. The Kier molecular flexibility index (Phi) is 2.82. The highest BCUT2D eigenvalue weighted by atomic mass is 16.5. The van der Waals surface area contributed by atoms with Crippen molar-refractivity contribution in [3.05, 3.63) is 11.8 Å². The number of nitrogens with zero attached hydrogens (tertiary/aromatic N) is 2. The summed E-state index contributed by atoms with van der Waals surface area (Å²) in [5.41, 5.74) is 12.2. The maximum atomic E-state index is 5.52. The van der Waals surface area contributed by atoms with E-state index in [0.717, 1.165) is 5.69 Å². The molecule has 0 aromatic carbocycles. The molecule has 0 aliphatic carbocycles. The fraction of sp³-hybridized carbons (Fsp3) is 0.429. The second kappa shape index (κ2) is 3.87. The van der Waals surface area contributed by atoms with Gasteiger partial charge < -0.3 is 16.2 Å². The minimum Gasteiger partial charge on any atom is -0.396 e. The highest BCUT2D eigenvalue weighted by Gasteiger charge is 1.99. The molecular formula is C7H12N4O. The Morgan fingerprint density at radius 1 is 1.42 bits per heavy atom. The summed E-state index contributed by atoms with van der Waals surface area (Å²) in [6.45, 7) is 0.609.